The molecule has 1 aromatic rings. The molecule has 0 bridgehead atoms. The lowest BCUT2D eigenvalue weighted by atomic mass is 10.0. The third kappa shape index (κ3) is 2.83. The van der Waals surface area contributed by atoms with Crippen molar-refractivity contribution in [3.63, 3.8) is 0 Å². The molecule has 0 aliphatic carbocycles. The minimum atomic E-state index is 0.0103. The van der Waals surface area contributed by atoms with Crippen molar-refractivity contribution in [1.29, 1.82) is 0 Å². The van der Waals surface area contributed by atoms with Gasteiger partial charge in [0, 0.05) is 31.7 Å². The summed E-state index contributed by atoms with van der Waals surface area (Å²) < 4.78 is 0. The summed E-state index contributed by atoms with van der Waals surface area (Å²) in [5.41, 5.74) is 0.720. The zero-order valence-corrected chi connectivity index (χ0v) is 9.23. The molecule has 1 aliphatic heterocycles. The van der Waals surface area contributed by atoms with E-state index in [-0.39, 0.29) is 11.9 Å². The van der Waals surface area contributed by atoms with Crippen LogP contribution in [0.1, 0.15) is 23.2 Å². The van der Waals surface area contributed by atoms with Crippen molar-refractivity contribution in [3.8, 4) is 0 Å². The number of nitrogens with one attached hydrogen (secondary N) is 1. The predicted octanol–water partition coefficient (Wildman–Crippen LogP) is 1.55. The van der Waals surface area contributed by atoms with Crippen LogP contribution in [0.2, 0.25) is 0 Å². The molecular formula is C13H16N2O. The summed E-state index contributed by atoms with van der Waals surface area (Å²) in [6, 6.07) is 9.56. The van der Waals surface area contributed by atoms with Gasteiger partial charge in [-0.3, -0.25) is 9.69 Å². The van der Waals surface area contributed by atoms with Gasteiger partial charge < -0.3 is 5.32 Å². The van der Waals surface area contributed by atoms with E-state index in [4.69, 9.17) is 7.05 Å². The molecule has 0 aromatic heterocycles. The summed E-state index contributed by atoms with van der Waals surface area (Å²) in [6.07, 6.45) is 1.85. The van der Waals surface area contributed by atoms with Crippen LogP contribution in [0.25, 0.3) is 0 Å². The zero-order valence-electron chi connectivity index (χ0n) is 9.23. The van der Waals surface area contributed by atoms with Gasteiger partial charge in [-0.1, -0.05) is 18.2 Å². The van der Waals surface area contributed by atoms with E-state index >= 15 is 0 Å². The highest BCUT2D eigenvalue weighted by atomic mass is 16.1. The van der Waals surface area contributed by atoms with Crippen LogP contribution in [0.15, 0.2) is 30.3 Å². The van der Waals surface area contributed by atoms with Crippen molar-refractivity contribution in [1.82, 2.24) is 10.2 Å². The smallest absolute Gasteiger partial charge is 0.251 e. The van der Waals surface area contributed by atoms with Gasteiger partial charge in [0.1, 0.15) is 0 Å². The summed E-state index contributed by atoms with van der Waals surface area (Å²) in [7, 11) is 5.66. The van der Waals surface area contributed by atoms with Crippen molar-refractivity contribution < 1.29 is 4.79 Å². The molecule has 0 spiro atoms. The van der Waals surface area contributed by atoms with Gasteiger partial charge in [0.2, 0.25) is 0 Å². The molecule has 3 nitrogen and oxygen atoms in total. The maximum Gasteiger partial charge on any atom is 0.251 e. The summed E-state index contributed by atoms with van der Waals surface area (Å²) in [6.45, 7) is 1.69. The van der Waals surface area contributed by atoms with E-state index < -0.39 is 0 Å². The molecule has 1 heterocycles. The lowest BCUT2D eigenvalue weighted by Gasteiger charge is -2.29. The lowest BCUT2D eigenvalue weighted by Crippen LogP contribution is -2.42. The Kier molecular flexibility index (Phi) is 3.57. The van der Waals surface area contributed by atoms with Crippen molar-refractivity contribution >= 4 is 5.91 Å². The number of carbonyl (C=O) groups excluding carboxylic acids is 1. The van der Waals surface area contributed by atoms with Crippen LogP contribution in [0.5, 0.6) is 0 Å². The third-order valence-electron chi connectivity index (χ3n) is 2.90. The van der Waals surface area contributed by atoms with Crippen LogP contribution >= 0.6 is 0 Å². The molecule has 84 valence electrons. The molecule has 16 heavy (non-hydrogen) atoms. The monoisotopic (exact) mass is 216 g/mol. The van der Waals surface area contributed by atoms with Gasteiger partial charge in [-0.2, -0.15) is 0 Å². The Morgan fingerprint density at radius 2 is 1.88 bits per heavy atom. The number of benzene rings is 1. The first-order valence-corrected chi connectivity index (χ1v) is 5.61. The Labute approximate surface area is 96.5 Å². The Morgan fingerprint density at radius 3 is 2.50 bits per heavy atom. The molecule has 1 amide bonds. The molecule has 1 aliphatic rings. The molecule has 1 aromatic carbocycles. The number of hydrogen-bond donors (Lipinski definition) is 1. The van der Waals surface area contributed by atoms with E-state index in [1.54, 1.807) is 4.90 Å². The standard InChI is InChI=1S/C13H16N2O/c1-15-9-7-12(8-10-15)14-13(16)11-5-3-2-4-6-11/h1-6,12H,7-10H2,(H,14,16). The van der Waals surface area contributed by atoms with E-state index in [9.17, 15) is 4.79 Å². The molecule has 2 radical (unpaired) electrons. The summed E-state index contributed by atoms with van der Waals surface area (Å²) >= 11 is 0. The molecule has 0 unspecified atom stereocenters. The molecule has 3 heteroatoms. The van der Waals surface area contributed by atoms with E-state index in [1.807, 2.05) is 30.3 Å². The number of piperidine rings is 1. The Balaban J connectivity index is 1.88. The zero-order chi connectivity index (χ0) is 11.4. The number of nitrogens with zero attached hydrogens (tertiary/aromatic N) is 1. The summed E-state index contributed by atoms with van der Waals surface area (Å²) in [5, 5.41) is 3.03. The number of amides is 1. The molecule has 1 saturated heterocycles. The van der Waals surface area contributed by atoms with Gasteiger partial charge in [0.15, 0.2) is 0 Å². The van der Waals surface area contributed by atoms with Gasteiger partial charge in [0.25, 0.3) is 5.91 Å². The molecule has 2 rings (SSSR count). The first kappa shape index (κ1) is 11.1. The van der Waals surface area contributed by atoms with Gasteiger partial charge in [0.05, 0.1) is 0 Å². The first-order chi connectivity index (χ1) is 7.75. The second kappa shape index (κ2) is 5.12. The van der Waals surface area contributed by atoms with Crippen molar-refractivity contribution in [2.24, 2.45) is 0 Å². The van der Waals surface area contributed by atoms with Crippen LogP contribution in [0.4, 0.5) is 0 Å². The average Bonchev–Trinajstić information content (AvgIpc) is 2.33. The van der Waals surface area contributed by atoms with Crippen LogP contribution in [-0.4, -0.2) is 29.9 Å². The number of carbonyl (C=O) groups is 1. The van der Waals surface area contributed by atoms with Gasteiger partial charge >= 0.3 is 0 Å². The number of hydrogen-bond acceptors (Lipinski definition) is 2. The third-order valence-corrected chi connectivity index (χ3v) is 2.90. The highest BCUT2D eigenvalue weighted by molar-refractivity contribution is 5.94. The molecule has 0 atom stereocenters. The molecular weight excluding hydrogens is 200 g/mol. The molecule has 0 saturated carbocycles. The van der Waals surface area contributed by atoms with Crippen molar-refractivity contribution in [2.45, 2.75) is 18.9 Å². The normalized spacial score (nSPS) is 18.3. The second-order valence-electron chi connectivity index (χ2n) is 4.15. The van der Waals surface area contributed by atoms with Gasteiger partial charge in [-0.25, -0.2) is 0 Å². The number of likely N-dealkylation sites (tertiary alicyclic amines) is 1. The fourth-order valence-electron chi connectivity index (χ4n) is 1.90. The maximum atomic E-state index is 11.8. The van der Waals surface area contributed by atoms with Crippen molar-refractivity contribution in [3.05, 3.63) is 42.9 Å². The topological polar surface area (TPSA) is 32.3 Å². The van der Waals surface area contributed by atoms with E-state index in [1.165, 1.54) is 0 Å². The van der Waals surface area contributed by atoms with Gasteiger partial charge in [-0.05, 0) is 25.0 Å². The highest BCUT2D eigenvalue weighted by Crippen LogP contribution is 2.10. The molecule has 1 fully saturated rings. The fourth-order valence-corrected chi connectivity index (χ4v) is 1.90. The van der Waals surface area contributed by atoms with E-state index in [2.05, 4.69) is 5.32 Å². The molecule has 1 N–H and O–H groups in total. The quantitative estimate of drug-likeness (QED) is 0.813. The predicted molar refractivity (Wildman–Crippen MR) is 62.8 cm³/mol. The fraction of sp³-hybridized carbons (Fsp3) is 0.385. The van der Waals surface area contributed by atoms with E-state index in [0.717, 1.165) is 31.5 Å². The first-order valence-electron chi connectivity index (χ1n) is 5.61. The van der Waals surface area contributed by atoms with Gasteiger partial charge in [-0.15, -0.1) is 0 Å². The van der Waals surface area contributed by atoms with E-state index in [0.29, 0.717) is 0 Å². The lowest BCUT2D eigenvalue weighted by molar-refractivity contribution is 0.0919. The maximum absolute atomic E-state index is 11.8. The van der Waals surface area contributed by atoms with Crippen LogP contribution in [0.3, 0.4) is 0 Å². The second-order valence-corrected chi connectivity index (χ2v) is 4.15. The van der Waals surface area contributed by atoms with Crippen LogP contribution < -0.4 is 5.32 Å². The average molecular weight is 216 g/mol. The Morgan fingerprint density at radius 1 is 1.25 bits per heavy atom. The minimum absolute atomic E-state index is 0.0103. The minimum Gasteiger partial charge on any atom is -0.349 e. The Bertz CT molecular complexity index is 342. The van der Waals surface area contributed by atoms with Crippen LogP contribution in [0, 0.1) is 7.05 Å². The summed E-state index contributed by atoms with van der Waals surface area (Å²) in [4.78, 5) is 13.6. The van der Waals surface area contributed by atoms with Crippen LogP contribution in [-0.2, 0) is 0 Å². The summed E-state index contributed by atoms with van der Waals surface area (Å²) in [5.74, 6) is 0.0103. The number of rotatable bonds is 2. The highest BCUT2D eigenvalue weighted by Gasteiger charge is 2.18. The largest absolute Gasteiger partial charge is 0.349 e. The SMILES string of the molecule is [CH]N1CCC(NC(=O)c2ccccc2)CC1. The Hall–Kier alpha value is -1.35. The van der Waals surface area contributed by atoms with Crippen molar-refractivity contribution in [2.75, 3.05) is 13.1 Å².